The predicted molar refractivity (Wildman–Crippen MR) is 69.5 cm³/mol. The van der Waals surface area contributed by atoms with Crippen molar-refractivity contribution in [3.63, 3.8) is 0 Å². The van der Waals surface area contributed by atoms with Crippen molar-refractivity contribution in [1.29, 1.82) is 0 Å². The van der Waals surface area contributed by atoms with Crippen LogP contribution in [0.4, 0.5) is 0 Å². The highest BCUT2D eigenvalue weighted by Crippen LogP contribution is 2.25. The molecule has 0 aliphatic rings. The maximum absolute atomic E-state index is 4.55. The molecule has 0 saturated heterocycles. The minimum atomic E-state index is 0.0755. The Kier molecular flexibility index (Phi) is 2.77. The minimum absolute atomic E-state index is 0.0755. The Balaban J connectivity index is 2.55. The van der Waals surface area contributed by atoms with Gasteiger partial charge < -0.3 is 0 Å². The van der Waals surface area contributed by atoms with Crippen LogP contribution in [0.15, 0.2) is 24.4 Å². The van der Waals surface area contributed by atoms with Gasteiger partial charge in [0.05, 0.1) is 17.6 Å². The molecule has 0 bridgehead atoms. The zero-order valence-corrected chi connectivity index (χ0v) is 11.2. The topological polar surface area (TPSA) is 30.7 Å². The summed E-state index contributed by atoms with van der Waals surface area (Å²) in [6.45, 7) is 10.6. The van der Waals surface area contributed by atoms with Crippen molar-refractivity contribution in [3.05, 3.63) is 41.5 Å². The molecule has 0 atom stereocenters. The van der Waals surface area contributed by atoms with E-state index < -0.39 is 0 Å². The molecular formula is C14H19N3. The van der Waals surface area contributed by atoms with E-state index in [0.717, 1.165) is 17.1 Å². The Hall–Kier alpha value is -1.64. The summed E-state index contributed by atoms with van der Waals surface area (Å²) in [4.78, 5) is 4.33. The first kappa shape index (κ1) is 11.8. The molecule has 0 saturated carbocycles. The highest BCUT2D eigenvalue weighted by atomic mass is 15.3. The number of hydrogen-bond donors (Lipinski definition) is 0. The lowest BCUT2D eigenvalue weighted by molar-refractivity contribution is 0.543. The van der Waals surface area contributed by atoms with E-state index in [1.807, 2.05) is 30.8 Å². The van der Waals surface area contributed by atoms with Crippen LogP contribution in [0.3, 0.4) is 0 Å². The molecule has 90 valence electrons. The van der Waals surface area contributed by atoms with Crippen LogP contribution < -0.4 is 0 Å². The zero-order valence-electron chi connectivity index (χ0n) is 11.2. The molecular weight excluding hydrogens is 210 g/mol. The molecule has 0 aliphatic heterocycles. The van der Waals surface area contributed by atoms with Gasteiger partial charge in [-0.15, -0.1) is 0 Å². The number of rotatable bonds is 1. The first-order valence-electron chi connectivity index (χ1n) is 5.88. The van der Waals surface area contributed by atoms with Crippen LogP contribution >= 0.6 is 0 Å². The molecule has 0 unspecified atom stereocenters. The van der Waals surface area contributed by atoms with Crippen LogP contribution in [0, 0.1) is 13.8 Å². The molecule has 0 aliphatic carbocycles. The van der Waals surface area contributed by atoms with Crippen LogP contribution in [0.25, 0.3) is 5.69 Å². The summed E-state index contributed by atoms with van der Waals surface area (Å²) >= 11 is 0. The Morgan fingerprint density at radius 3 is 2.29 bits per heavy atom. The van der Waals surface area contributed by atoms with Crippen LogP contribution in [-0.4, -0.2) is 14.8 Å². The minimum Gasteiger partial charge on any atom is -0.259 e. The molecule has 3 heteroatoms. The van der Waals surface area contributed by atoms with Crippen LogP contribution in [0.2, 0.25) is 0 Å². The smallest absolute Gasteiger partial charge is 0.0832 e. The number of hydrogen-bond acceptors (Lipinski definition) is 2. The molecule has 2 heterocycles. The second-order valence-electron chi connectivity index (χ2n) is 5.49. The van der Waals surface area contributed by atoms with Crippen molar-refractivity contribution in [2.45, 2.75) is 40.0 Å². The Morgan fingerprint density at radius 1 is 1.06 bits per heavy atom. The van der Waals surface area contributed by atoms with Gasteiger partial charge >= 0.3 is 0 Å². The summed E-state index contributed by atoms with van der Waals surface area (Å²) in [6.07, 6.45) is 1.87. The predicted octanol–water partition coefficient (Wildman–Crippen LogP) is 3.18. The van der Waals surface area contributed by atoms with Gasteiger partial charge in [0, 0.05) is 16.8 Å². The number of nitrogens with zero attached hydrogens (tertiary/aromatic N) is 3. The van der Waals surface area contributed by atoms with Crippen LogP contribution in [0.1, 0.15) is 37.9 Å². The van der Waals surface area contributed by atoms with Crippen molar-refractivity contribution >= 4 is 0 Å². The van der Waals surface area contributed by atoms with E-state index in [1.54, 1.807) is 0 Å². The molecule has 3 nitrogen and oxygen atoms in total. The van der Waals surface area contributed by atoms with E-state index in [1.165, 1.54) is 5.69 Å². The molecule has 0 amide bonds. The van der Waals surface area contributed by atoms with E-state index in [2.05, 4.69) is 43.0 Å². The summed E-state index contributed by atoms with van der Waals surface area (Å²) in [5, 5.41) is 4.55. The molecule has 0 aromatic carbocycles. The Morgan fingerprint density at radius 2 is 1.76 bits per heavy atom. The van der Waals surface area contributed by atoms with Crippen molar-refractivity contribution < 1.29 is 0 Å². The molecule has 2 aromatic rings. The average molecular weight is 229 g/mol. The summed E-state index contributed by atoms with van der Waals surface area (Å²) in [5.74, 6) is 0. The van der Waals surface area contributed by atoms with Gasteiger partial charge in [0.25, 0.3) is 0 Å². The quantitative estimate of drug-likeness (QED) is 0.752. The maximum Gasteiger partial charge on any atom is 0.0832 e. The Bertz CT molecular complexity index is 515. The lowest BCUT2D eigenvalue weighted by atomic mass is 9.92. The lowest BCUT2D eigenvalue weighted by Crippen LogP contribution is -2.17. The van der Waals surface area contributed by atoms with Gasteiger partial charge in [0.2, 0.25) is 0 Å². The monoisotopic (exact) mass is 229 g/mol. The summed E-state index contributed by atoms with van der Waals surface area (Å²) in [7, 11) is 0. The third kappa shape index (κ3) is 2.38. The van der Waals surface area contributed by atoms with Gasteiger partial charge in [0.1, 0.15) is 0 Å². The summed E-state index contributed by atoms with van der Waals surface area (Å²) < 4.78 is 1.99. The molecule has 0 spiro atoms. The van der Waals surface area contributed by atoms with E-state index in [4.69, 9.17) is 0 Å². The van der Waals surface area contributed by atoms with Crippen molar-refractivity contribution in [3.8, 4) is 5.69 Å². The molecule has 2 rings (SSSR count). The van der Waals surface area contributed by atoms with Crippen LogP contribution in [0.5, 0.6) is 0 Å². The van der Waals surface area contributed by atoms with E-state index in [-0.39, 0.29) is 5.41 Å². The first-order chi connectivity index (χ1) is 7.88. The third-order valence-electron chi connectivity index (χ3n) is 2.74. The SMILES string of the molecule is Cc1ccc(-n2nc(C)cc2C(C)(C)C)cn1. The third-order valence-corrected chi connectivity index (χ3v) is 2.74. The van der Waals surface area contributed by atoms with E-state index in [9.17, 15) is 0 Å². The van der Waals surface area contributed by atoms with Crippen molar-refractivity contribution in [2.24, 2.45) is 0 Å². The number of aryl methyl sites for hydroxylation is 2. The second-order valence-corrected chi connectivity index (χ2v) is 5.49. The highest BCUT2D eigenvalue weighted by Gasteiger charge is 2.20. The van der Waals surface area contributed by atoms with E-state index in [0.29, 0.717) is 0 Å². The Labute approximate surface area is 103 Å². The molecule has 0 radical (unpaired) electrons. The van der Waals surface area contributed by atoms with Crippen LogP contribution in [-0.2, 0) is 5.41 Å². The van der Waals surface area contributed by atoms with Gasteiger partial charge in [-0.1, -0.05) is 20.8 Å². The maximum atomic E-state index is 4.55. The van der Waals surface area contributed by atoms with Crippen molar-refractivity contribution in [1.82, 2.24) is 14.8 Å². The van der Waals surface area contributed by atoms with Crippen molar-refractivity contribution in [2.75, 3.05) is 0 Å². The molecule has 17 heavy (non-hydrogen) atoms. The van der Waals surface area contributed by atoms with Gasteiger partial charge in [0.15, 0.2) is 0 Å². The summed E-state index contributed by atoms with van der Waals surface area (Å²) in [6, 6.07) is 6.21. The fourth-order valence-corrected chi connectivity index (χ4v) is 1.82. The fourth-order valence-electron chi connectivity index (χ4n) is 1.82. The van der Waals surface area contributed by atoms with Gasteiger partial charge in [-0.3, -0.25) is 4.98 Å². The van der Waals surface area contributed by atoms with Gasteiger partial charge in [-0.05, 0) is 32.0 Å². The normalized spacial score (nSPS) is 11.8. The van der Waals surface area contributed by atoms with E-state index >= 15 is 0 Å². The average Bonchev–Trinajstić information content (AvgIpc) is 2.61. The lowest BCUT2D eigenvalue weighted by Gasteiger charge is -2.20. The molecule has 0 fully saturated rings. The number of pyridine rings is 1. The first-order valence-corrected chi connectivity index (χ1v) is 5.88. The molecule has 0 N–H and O–H groups in total. The van der Waals surface area contributed by atoms with Gasteiger partial charge in [-0.2, -0.15) is 5.10 Å². The zero-order chi connectivity index (χ0) is 12.6. The highest BCUT2D eigenvalue weighted by molar-refractivity contribution is 5.34. The summed E-state index contributed by atoms with van der Waals surface area (Å²) in [5.41, 5.74) is 4.37. The number of aromatic nitrogens is 3. The largest absolute Gasteiger partial charge is 0.259 e. The fraction of sp³-hybridized carbons (Fsp3) is 0.429. The van der Waals surface area contributed by atoms with Gasteiger partial charge in [-0.25, -0.2) is 4.68 Å². The second kappa shape index (κ2) is 3.99. The standard InChI is InChI=1S/C14H19N3/c1-10-6-7-12(9-15-10)17-13(14(3,4)5)8-11(2)16-17/h6-9H,1-5H3. The molecule has 2 aromatic heterocycles.